The molecule has 18 heavy (non-hydrogen) atoms. The Morgan fingerprint density at radius 1 is 1.67 bits per heavy atom. The molecule has 0 aromatic carbocycles. The van der Waals surface area contributed by atoms with E-state index < -0.39 is 11.5 Å². The molecule has 0 saturated heterocycles. The molecule has 0 spiro atoms. The van der Waals surface area contributed by atoms with E-state index in [0.29, 0.717) is 30.5 Å². The molecular formula is C11H17N3O3S. The predicted octanol–water partition coefficient (Wildman–Crippen LogP) is 1.46. The van der Waals surface area contributed by atoms with Gasteiger partial charge in [-0.1, -0.05) is 18.7 Å². The maximum absolute atomic E-state index is 11.4. The number of carboxylic acids is 1. The van der Waals surface area contributed by atoms with Crippen LogP contribution in [0.4, 0.5) is 0 Å². The topological polar surface area (TPSA) is 88.2 Å². The van der Waals surface area contributed by atoms with Crippen molar-refractivity contribution >= 4 is 17.7 Å². The van der Waals surface area contributed by atoms with Gasteiger partial charge in [-0.2, -0.15) is 0 Å². The van der Waals surface area contributed by atoms with Crippen molar-refractivity contribution in [2.45, 2.75) is 49.1 Å². The molecule has 0 aliphatic heterocycles. The second-order valence-corrected chi connectivity index (χ2v) is 5.74. The molecule has 1 saturated carbocycles. The van der Waals surface area contributed by atoms with Crippen molar-refractivity contribution in [2.75, 3.05) is 6.54 Å². The summed E-state index contributed by atoms with van der Waals surface area (Å²) in [6, 6.07) is 0. The van der Waals surface area contributed by atoms with Gasteiger partial charge in [-0.3, -0.25) is 4.79 Å². The van der Waals surface area contributed by atoms with Gasteiger partial charge in [0.05, 0.1) is 0 Å². The minimum atomic E-state index is -0.790. The Morgan fingerprint density at radius 2 is 2.44 bits per heavy atom. The number of carboxylic acid groups (broad SMARTS) is 1. The largest absolute Gasteiger partial charge is 0.480 e. The molecule has 0 radical (unpaired) electrons. The second kappa shape index (κ2) is 5.27. The van der Waals surface area contributed by atoms with Gasteiger partial charge in [0.1, 0.15) is 5.54 Å². The molecule has 1 heterocycles. The molecule has 6 nitrogen and oxygen atoms in total. The molecule has 2 atom stereocenters. The van der Waals surface area contributed by atoms with Crippen molar-refractivity contribution in [3.8, 4) is 0 Å². The summed E-state index contributed by atoms with van der Waals surface area (Å²) in [5.74, 6) is -0.235. The third-order valence-electron chi connectivity index (χ3n) is 3.17. The highest BCUT2D eigenvalue weighted by Gasteiger charge is 2.45. The number of aliphatic carboxylic acids is 1. The third-order valence-corrected chi connectivity index (χ3v) is 4.27. The van der Waals surface area contributed by atoms with Gasteiger partial charge < -0.3 is 14.8 Å². The molecule has 0 amide bonds. The first-order valence-corrected chi connectivity index (χ1v) is 6.89. The number of hydrogen-bond donors (Lipinski definition) is 2. The number of aryl methyl sites for hydroxylation is 1. The Kier molecular flexibility index (Phi) is 3.91. The normalized spacial score (nSPS) is 27.6. The van der Waals surface area contributed by atoms with Crippen LogP contribution >= 0.6 is 11.8 Å². The average Bonchev–Trinajstić information content (AvgIpc) is 2.88. The summed E-state index contributed by atoms with van der Waals surface area (Å²) < 4.78 is 5.31. The monoisotopic (exact) mass is 271 g/mol. The van der Waals surface area contributed by atoms with E-state index >= 15 is 0 Å². The van der Waals surface area contributed by atoms with Crippen LogP contribution in [0.1, 0.15) is 32.1 Å². The minimum Gasteiger partial charge on any atom is -0.480 e. The van der Waals surface area contributed by atoms with E-state index in [4.69, 9.17) is 4.42 Å². The van der Waals surface area contributed by atoms with Gasteiger partial charge in [0, 0.05) is 12.2 Å². The van der Waals surface area contributed by atoms with Crippen LogP contribution in [0.2, 0.25) is 0 Å². The fourth-order valence-corrected chi connectivity index (χ4v) is 3.48. The van der Waals surface area contributed by atoms with Crippen LogP contribution < -0.4 is 5.32 Å². The number of nitrogens with zero attached hydrogens (tertiary/aromatic N) is 2. The van der Waals surface area contributed by atoms with Gasteiger partial charge in [0.25, 0.3) is 5.22 Å². The number of nitrogens with one attached hydrogen (secondary N) is 1. The van der Waals surface area contributed by atoms with E-state index in [1.807, 2.05) is 6.92 Å². The van der Waals surface area contributed by atoms with Crippen molar-refractivity contribution in [3.05, 3.63) is 5.89 Å². The van der Waals surface area contributed by atoms with Gasteiger partial charge in [0.2, 0.25) is 5.89 Å². The summed E-state index contributed by atoms with van der Waals surface area (Å²) in [6.45, 7) is 4.32. The molecule has 7 heteroatoms. The van der Waals surface area contributed by atoms with Crippen LogP contribution in [-0.2, 0) is 4.79 Å². The fourth-order valence-electron chi connectivity index (χ4n) is 2.34. The Hall–Kier alpha value is -1.08. The number of thioether (sulfide) groups is 1. The molecule has 100 valence electrons. The molecule has 0 bridgehead atoms. The van der Waals surface area contributed by atoms with Crippen LogP contribution in [0.15, 0.2) is 9.64 Å². The summed E-state index contributed by atoms with van der Waals surface area (Å²) in [7, 11) is 0. The highest BCUT2D eigenvalue weighted by atomic mass is 32.2. The van der Waals surface area contributed by atoms with Gasteiger partial charge in [-0.05, 0) is 25.8 Å². The van der Waals surface area contributed by atoms with E-state index in [1.165, 1.54) is 11.8 Å². The average molecular weight is 271 g/mol. The Labute approximate surface area is 110 Å². The zero-order valence-corrected chi connectivity index (χ0v) is 11.3. The quantitative estimate of drug-likeness (QED) is 0.838. The number of likely N-dealkylation sites (N-methyl/N-ethyl adjacent to an activating group) is 1. The number of rotatable bonds is 5. The van der Waals surface area contributed by atoms with Gasteiger partial charge in [0.15, 0.2) is 0 Å². The summed E-state index contributed by atoms with van der Waals surface area (Å²) >= 11 is 1.47. The standard InChI is InChI=1S/C11H17N3O3S/c1-3-12-11(9(15)16)5-4-8(6-11)18-10-14-13-7(2)17-10/h8,12H,3-6H2,1-2H3,(H,15,16). The highest BCUT2D eigenvalue weighted by molar-refractivity contribution is 7.99. The van der Waals surface area contributed by atoms with Crippen molar-refractivity contribution < 1.29 is 14.3 Å². The lowest BCUT2D eigenvalue weighted by atomic mass is 9.98. The SMILES string of the molecule is CCNC1(C(=O)O)CCC(Sc2nnc(C)o2)C1. The Morgan fingerprint density at radius 3 is 3.00 bits per heavy atom. The van der Waals surface area contributed by atoms with E-state index in [0.717, 1.165) is 6.42 Å². The van der Waals surface area contributed by atoms with Crippen LogP contribution in [-0.4, -0.2) is 38.6 Å². The van der Waals surface area contributed by atoms with Gasteiger partial charge in [-0.15, -0.1) is 10.2 Å². The van der Waals surface area contributed by atoms with Gasteiger partial charge >= 0.3 is 5.97 Å². The first kappa shape index (κ1) is 13.4. The van der Waals surface area contributed by atoms with E-state index in [2.05, 4.69) is 15.5 Å². The lowest BCUT2D eigenvalue weighted by molar-refractivity contribution is -0.144. The van der Waals surface area contributed by atoms with E-state index in [-0.39, 0.29) is 5.25 Å². The number of hydrogen-bond acceptors (Lipinski definition) is 6. The molecule has 1 aromatic rings. The first-order chi connectivity index (χ1) is 8.55. The minimum absolute atomic E-state index is 0.208. The number of aromatic nitrogens is 2. The van der Waals surface area contributed by atoms with Crippen molar-refractivity contribution in [1.82, 2.24) is 15.5 Å². The molecule has 1 fully saturated rings. The lowest BCUT2D eigenvalue weighted by Gasteiger charge is -2.24. The molecule has 2 unspecified atom stereocenters. The van der Waals surface area contributed by atoms with Crippen LogP contribution in [0, 0.1) is 6.92 Å². The zero-order valence-electron chi connectivity index (χ0n) is 10.5. The number of carbonyl (C=O) groups is 1. The maximum atomic E-state index is 11.4. The molecule has 2 rings (SSSR count). The smallest absolute Gasteiger partial charge is 0.323 e. The first-order valence-electron chi connectivity index (χ1n) is 6.01. The lowest BCUT2D eigenvalue weighted by Crippen LogP contribution is -2.50. The van der Waals surface area contributed by atoms with Crippen LogP contribution in [0.3, 0.4) is 0 Å². The summed E-state index contributed by atoms with van der Waals surface area (Å²) in [4.78, 5) is 11.4. The third kappa shape index (κ3) is 2.67. The van der Waals surface area contributed by atoms with Crippen LogP contribution in [0.25, 0.3) is 0 Å². The molecular weight excluding hydrogens is 254 g/mol. The summed E-state index contributed by atoms with van der Waals surface area (Å²) in [5, 5.41) is 20.9. The Bertz CT molecular complexity index is 437. The van der Waals surface area contributed by atoms with E-state index in [9.17, 15) is 9.90 Å². The second-order valence-electron chi connectivity index (χ2n) is 4.49. The molecule has 2 N–H and O–H groups in total. The molecule has 1 aliphatic carbocycles. The molecule has 1 aliphatic rings. The summed E-state index contributed by atoms with van der Waals surface area (Å²) in [5.41, 5.74) is -0.790. The fraction of sp³-hybridized carbons (Fsp3) is 0.727. The zero-order chi connectivity index (χ0) is 13.2. The van der Waals surface area contributed by atoms with Crippen molar-refractivity contribution in [1.29, 1.82) is 0 Å². The predicted molar refractivity (Wildman–Crippen MR) is 66.6 cm³/mol. The van der Waals surface area contributed by atoms with Gasteiger partial charge in [-0.25, -0.2) is 0 Å². The van der Waals surface area contributed by atoms with Crippen molar-refractivity contribution in [3.63, 3.8) is 0 Å². The van der Waals surface area contributed by atoms with Crippen LogP contribution in [0.5, 0.6) is 0 Å². The maximum Gasteiger partial charge on any atom is 0.323 e. The van der Waals surface area contributed by atoms with E-state index in [1.54, 1.807) is 6.92 Å². The highest BCUT2D eigenvalue weighted by Crippen LogP contribution is 2.39. The Balaban J connectivity index is 2.00. The molecule has 1 aromatic heterocycles. The van der Waals surface area contributed by atoms with Crippen molar-refractivity contribution in [2.24, 2.45) is 0 Å². The summed E-state index contributed by atoms with van der Waals surface area (Å²) in [6.07, 6.45) is 2.06.